The smallest absolute Gasteiger partial charge is 0.214 e. The summed E-state index contributed by atoms with van der Waals surface area (Å²) in [7, 11) is -3.06. The van der Waals surface area contributed by atoms with E-state index in [0.717, 1.165) is 12.8 Å². The molecule has 1 aliphatic rings. The molecular weight excluding hydrogens is 190 g/mol. The van der Waals surface area contributed by atoms with Gasteiger partial charge in [-0.1, -0.05) is 6.92 Å². The molecule has 0 spiro atoms. The van der Waals surface area contributed by atoms with Gasteiger partial charge in [0.25, 0.3) is 0 Å². The van der Waals surface area contributed by atoms with E-state index in [1.807, 2.05) is 6.92 Å². The predicted molar refractivity (Wildman–Crippen MR) is 50.9 cm³/mol. The van der Waals surface area contributed by atoms with E-state index in [0.29, 0.717) is 13.0 Å². The highest BCUT2D eigenvalue weighted by molar-refractivity contribution is 7.89. The summed E-state index contributed by atoms with van der Waals surface area (Å²) in [5.41, 5.74) is 0. The Kier molecular flexibility index (Phi) is 3.70. The fourth-order valence-corrected chi connectivity index (χ4v) is 3.04. The Hall–Kier alpha value is -0.130. The maximum absolute atomic E-state index is 11.4. The average molecular weight is 207 g/mol. The first kappa shape index (κ1) is 10.9. The first-order valence-electron chi connectivity index (χ1n) is 4.72. The van der Waals surface area contributed by atoms with E-state index in [9.17, 15) is 13.5 Å². The van der Waals surface area contributed by atoms with Crippen LogP contribution in [0.2, 0.25) is 0 Å². The zero-order valence-corrected chi connectivity index (χ0v) is 8.76. The van der Waals surface area contributed by atoms with Crippen molar-refractivity contribution in [3.8, 4) is 0 Å². The summed E-state index contributed by atoms with van der Waals surface area (Å²) >= 11 is 0. The Balaban J connectivity index is 2.56. The number of rotatable bonds is 3. The Morgan fingerprint density at radius 2 is 2.15 bits per heavy atom. The largest absolute Gasteiger partial charge is 0.392 e. The Morgan fingerprint density at radius 1 is 1.46 bits per heavy atom. The van der Waals surface area contributed by atoms with E-state index in [2.05, 4.69) is 0 Å². The van der Waals surface area contributed by atoms with Gasteiger partial charge in [0.15, 0.2) is 0 Å². The summed E-state index contributed by atoms with van der Waals surface area (Å²) in [6.45, 7) is 2.68. The standard InChI is InChI=1S/C8H17NO3S/c1-2-8(10)7-9-5-3-4-6-13(9,11)12/h8,10H,2-7H2,1H3. The minimum absolute atomic E-state index is 0.240. The third-order valence-corrected chi connectivity index (χ3v) is 4.26. The van der Waals surface area contributed by atoms with E-state index in [-0.39, 0.29) is 12.3 Å². The van der Waals surface area contributed by atoms with Crippen LogP contribution in [0.1, 0.15) is 26.2 Å². The van der Waals surface area contributed by atoms with E-state index >= 15 is 0 Å². The monoisotopic (exact) mass is 207 g/mol. The first-order valence-corrected chi connectivity index (χ1v) is 6.33. The molecule has 0 amide bonds. The van der Waals surface area contributed by atoms with Crippen molar-refractivity contribution in [2.45, 2.75) is 32.3 Å². The molecule has 78 valence electrons. The number of hydrogen-bond acceptors (Lipinski definition) is 3. The van der Waals surface area contributed by atoms with Gasteiger partial charge in [-0.05, 0) is 19.3 Å². The summed E-state index contributed by atoms with van der Waals surface area (Å²) in [5, 5.41) is 9.34. The zero-order chi connectivity index (χ0) is 9.90. The molecule has 0 aromatic rings. The molecule has 1 unspecified atom stereocenters. The Labute approximate surface area is 79.6 Å². The number of aliphatic hydroxyl groups excluding tert-OH is 1. The van der Waals surface area contributed by atoms with Crippen molar-refractivity contribution in [1.82, 2.24) is 4.31 Å². The van der Waals surface area contributed by atoms with Gasteiger partial charge in [0.05, 0.1) is 11.9 Å². The van der Waals surface area contributed by atoms with E-state index in [1.54, 1.807) is 0 Å². The van der Waals surface area contributed by atoms with Crippen LogP contribution in [0.3, 0.4) is 0 Å². The highest BCUT2D eigenvalue weighted by Gasteiger charge is 2.26. The normalized spacial score (nSPS) is 25.7. The summed E-state index contributed by atoms with van der Waals surface area (Å²) in [5.74, 6) is 0.240. The van der Waals surface area contributed by atoms with Gasteiger partial charge >= 0.3 is 0 Å². The minimum Gasteiger partial charge on any atom is -0.392 e. The summed E-state index contributed by atoms with van der Waals surface area (Å²) in [4.78, 5) is 0. The topological polar surface area (TPSA) is 57.6 Å². The van der Waals surface area contributed by atoms with Gasteiger partial charge in [0.2, 0.25) is 10.0 Å². The third kappa shape index (κ3) is 2.93. The molecule has 13 heavy (non-hydrogen) atoms. The summed E-state index contributed by atoms with van der Waals surface area (Å²) in [6, 6.07) is 0. The van der Waals surface area contributed by atoms with E-state index in [1.165, 1.54) is 4.31 Å². The molecule has 1 rings (SSSR count). The zero-order valence-electron chi connectivity index (χ0n) is 7.94. The molecule has 0 aromatic heterocycles. The van der Waals surface area contributed by atoms with Crippen LogP contribution in [-0.4, -0.2) is 42.8 Å². The molecule has 1 saturated heterocycles. The predicted octanol–water partition coefficient (Wildman–Crippen LogP) is 0.183. The number of hydrogen-bond donors (Lipinski definition) is 1. The van der Waals surface area contributed by atoms with Crippen LogP contribution in [0.25, 0.3) is 0 Å². The molecule has 0 radical (unpaired) electrons. The van der Waals surface area contributed by atoms with Crippen LogP contribution >= 0.6 is 0 Å². The molecule has 1 heterocycles. The molecule has 5 heteroatoms. The summed E-state index contributed by atoms with van der Waals surface area (Å²) < 4.78 is 24.3. The second kappa shape index (κ2) is 4.39. The van der Waals surface area contributed by atoms with E-state index in [4.69, 9.17) is 0 Å². The van der Waals surface area contributed by atoms with Crippen molar-refractivity contribution in [1.29, 1.82) is 0 Å². The molecule has 4 nitrogen and oxygen atoms in total. The van der Waals surface area contributed by atoms with Gasteiger partial charge in [0.1, 0.15) is 0 Å². The van der Waals surface area contributed by atoms with Crippen molar-refractivity contribution in [2.24, 2.45) is 0 Å². The average Bonchev–Trinajstić information content (AvgIpc) is 2.08. The van der Waals surface area contributed by atoms with Crippen molar-refractivity contribution in [2.75, 3.05) is 18.8 Å². The highest BCUT2D eigenvalue weighted by atomic mass is 32.2. The number of sulfonamides is 1. The van der Waals surface area contributed by atoms with Crippen molar-refractivity contribution < 1.29 is 13.5 Å². The van der Waals surface area contributed by atoms with Crippen LogP contribution in [0.5, 0.6) is 0 Å². The second-order valence-electron chi connectivity index (χ2n) is 3.44. The van der Waals surface area contributed by atoms with Gasteiger partial charge < -0.3 is 5.11 Å². The first-order chi connectivity index (χ1) is 6.06. The van der Waals surface area contributed by atoms with Gasteiger partial charge in [-0.3, -0.25) is 0 Å². The van der Waals surface area contributed by atoms with Gasteiger partial charge in [0, 0.05) is 13.1 Å². The van der Waals surface area contributed by atoms with Crippen molar-refractivity contribution in [3.63, 3.8) is 0 Å². The molecule has 0 saturated carbocycles. The van der Waals surface area contributed by atoms with Crippen LogP contribution in [0.15, 0.2) is 0 Å². The van der Waals surface area contributed by atoms with Crippen LogP contribution < -0.4 is 0 Å². The van der Waals surface area contributed by atoms with Crippen LogP contribution in [0.4, 0.5) is 0 Å². The lowest BCUT2D eigenvalue weighted by Crippen LogP contribution is -2.42. The number of aliphatic hydroxyl groups is 1. The third-order valence-electron chi connectivity index (χ3n) is 2.34. The molecule has 0 aliphatic carbocycles. The lowest BCUT2D eigenvalue weighted by Gasteiger charge is -2.27. The Morgan fingerprint density at radius 3 is 2.69 bits per heavy atom. The number of nitrogens with zero attached hydrogens (tertiary/aromatic N) is 1. The van der Waals surface area contributed by atoms with Gasteiger partial charge in [-0.15, -0.1) is 0 Å². The molecule has 0 aromatic carbocycles. The van der Waals surface area contributed by atoms with Gasteiger partial charge in [-0.2, -0.15) is 4.31 Å². The van der Waals surface area contributed by atoms with Crippen molar-refractivity contribution in [3.05, 3.63) is 0 Å². The number of β-amino-alcohol motifs (C(OH)–C–C–N with tert-alkyl or cyclic N) is 1. The van der Waals surface area contributed by atoms with Crippen LogP contribution in [0, 0.1) is 0 Å². The van der Waals surface area contributed by atoms with Crippen molar-refractivity contribution >= 4 is 10.0 Å². The highest BCUT2D eigenvalue weighted by Crippen LogP contribution is 2.14. The molecular formula is C8H17NO3S. The lowest BCUT2D eigenvalue weighted by atomic mass is 10.2. The minimum atomic E-state index is -3.06. The molecule has 1 fully saturated rings. The van der Waals surface area contributed by atoms with Gasteiger partial charge in [-0.25, -0.2) is 8.42 Å². The fraction of sp³-hybridized carbons (Fsp3) is 1.00. The quantitative estimate of drug-likeness (QED) is 0.718. The molecule has 1 N–H and O–H groups in total. The maximum atomic E-state index is 11.4. The summed E-state index contributed by atoms with van der Waals surface area (Å²) in [6.07, 6.45) is 1.75. The Bertz CT molecular complexity index is 250. The second-order valence-corrected chi connectivity index (χ2v) is 5.53. The molecule has 1 atom stereocenters. The molecule has 0 bridgehead atoms. The lowest BCUT2D eigenvalue weighted by molar-refractivity contribution is 0.139. The van der Waals surface area contributed by atoms with Crippen LogP contribution in [-0.2, 0) is 10.0 Å². The maximum Gasteiger partial charge on any atom is 0.214 e. The van der Waals surface area contributed by atoms with E-state index < -0.39 is 16.1 Å². The fourth-order valence-electron chi connectivity index (χ4n) is 1.41. The SMILES string of the molecule is CCC(O)CN1CCCCS1(=O)=O. The molecule has 1 aliphatic heterocycles.